The summed E-state index contributed by atoms with van der Waals surface area (Å²) in [6.07, 6.45) is 6.28. The molecule has 7 heteroatoms. The molecule has 0 bridgehead atoms. The van der Waals surface area contributed by atoms with Crippen LogP contribution in [0.2, 0.25) is 0 Å². The Morgan fingerprint density at radius 2 is 1.51 bits per heavy atom. The molecule has 194 valence electrons. The molecule has 0 spiro atoms. The largest absolute Gasteiger partial charge is 0.323 e. The second kappa shape index (κ2) is 9.62. The van der Waals surface area contributed by atoms with Gasteiger partial charge in [-0.25, -0.2) is 9.59 Å². The van der Waals surface area contributed by atoms with Crippen LogP contribution in [-0.2, 0) is 6.54 Å². The van der Waals surface area contributed by atoms with Crippen LogP contribution in [0.1, 0.15) is 84.4 Å². The molecule has 0 radical (unpaired) electrons. The number of pyridine rings is 1. The number of carbonyl (C=O) groups excluding carboxylic acids is 2. The van der Waals surface area contributed by atoms with Crippen LogP contribution in [0.3, 0.4) is 0 Å². The lowest BCUT2D eigenvalue weighted by atomic mass is 9.85. The minimum absolute atomic E-state index is 0.0906. The molecule has 4 amide bonds. The van der Waals surface area contributed by atoms with Gasteiger partial charge in [0.15, 0.2) is 0 Å². The first-order valence-corrected chi connectivity index (χ1v) is 13.4. The Kier molecular flexibility index (Phi) is 7.09. The van der Waals surface area contributed by atoms with Crippen LogP contribution < -0.4 is 0 Å². The van der Waals surface area contributed by atoms with E-state index in [0.29, 0.717) is 18.5 Å². The van der Waals surface area contributed by atoms with Crippen LogP contribution in [0.25, 0.3) is 0 Å². The van der Waals surface area contributed by atoms with Crippen molar-refractivity contribution >= 4 is 12.1 Å². The number of hydrogen-bond donors (Lipinski definition) is 0. The van der Waals surface area contributed by atoms with Crippen molar-refractivity contribution in [1.29, 1.82) is 0 Å². The van der Waals surface area contributed by atoms with Gasteiger partial charge in [0.25, 0.3) is 0 Å². The molecule has 2 unspecified atom stereocenters. The third-order valence-corrected chi connectivity index (χ3v) is 8.19. The molecule has 0 aliphatic carbocycles. The van der Waals surface area contributed by atoms with Gasteiger partial charge >= 0.3 is 12.1 Å². The van der Waals surface area contributed by atoms with Gasteiger partial charge in [-0.3, -0.25) is 4.98 Å². The summed E-state index contributed by atoms with van der Waals surface area (Å²) in [5.74, 6) is 0.340. The highest BCUT2D eigenvalue weighted by atomic mass is 16.2. The standard InChI is InChI=1S/C28H45N5O2/c1-27(2,3)23-10-8-14-32(23)25(34)30(7)19-22-13-12-20(16-29-22)21-17-31(18-21)26(35)33-15-9-11-24(33)28(4,5)6/h12-13,16,21,23-24H,8-11,14-15,17-19H2,1-7H3. The molecule has 4 rings (SSSR count). The third kappa shape index (κ3) is 5.44. The molecule has 1 aromatic rings. The number of hydrogen-bond acceptors (Lipinski definition) is 3. The van der Waals surface area contributed by atoms with Gasteiger partial charge in [0.1, 0.15) is 0 Å². The monoisotopic (exact) mass is 483 g/mol. The van der Waals surface area contributed by atoms with Gasteiger partial charge in [-0.05, 0) is 48.1 Å². The maximum Gasteiger partial charge on any atom is 0.320 e. The van der Waals surface area contributed by atoms with Crippen LogP contribution in [0, 0.1) is 10.8 Å². The van der Waals surface area contributed by atoms with Gasteiger partial charge in [0.05, 0.1) is 12.2 Å². The zero-order valence-corrected chi connectivity index (χ0v) is 22.9. The summed E-state index contributed by atoms with van der Waals surface area (Å²) in [6, 6.07) is 5.06. The van der Waals surface area contributed by atoms with E-state index in [2.05, 4.69) is 57.5 Å². The fourth-order valence-corrected chi connectivity index (χ4v) is 6.12. The molecule has 4 heterocycles. The van der Waals surface area contributed by atoms with E-state index < -0.39 is 0 Å². The summed E-state index contributed by atoms with van der Waals surface area (Å²) in [5, 5.41) is 0. The molecule has 3 fully saturated rings. The molecule has 0 saturated carbocycles. The quantitative estimate of drug-likeness (QED) is 0.596. The maximum atomic E-state index is 13.1. The van der Waals surface area contributed by atoms with E-state index in [9.17, 15) is 9.59 Å². The Balaban J connectivity index is 1.29. The van der Waals surface area contributed by atoms with Crippen molar-refractivity contribution in [1.82, 2.24) is 24.6 Å². The molecule has 3 aliphatic rings. The second-order valence-electron chi connectivity index (χ2n) is 13.0. The predicted molar refractivity (Wildman–Crippen MR) is 139 cm³/mol. The van der Waals surface area contributed by atoms with Crippen LogP contribution in [0.15, 0.2) is 18.3 Å². The lowest BCUT2D eigenvalue weighted by Crippen LogP contribution is -2.56. The summed E-state index contributed by atoms with van der Waals surface area (Å²) in [5.41, 5.74) is 2.28. The minimum Gasteiger partial charge on any atom is -0.323 e. The van der Waals surface area contributed by atoms with Crippen molar-refractivity contribution in [3.8, 4) is 0 Å². The molecule has 0 aromatic carbocycles. The summed E-state index contributed by atoms with van der Waals surface area (Å²) in [4.78, 5) is 38.8. The molecule has 2 atom stereocenters. The molecule has 3 aliphatic heterocycles. The second-order valence-corrected chi connectivity index (χ2v) is 13.0. The van der Waals surface area contributed by atoms with E-state index in [0.717, 1.165) is 57.6 Å². The number of aromatic nitrogens is 1. The minimum atomic E-state index is 0.0906. The Morgan fingerprint density at radius 3 is 2.06 bits per heavy atom. The SMILES string of the molecule is CN(Cc1ccc(C2CN(C(=O)N3CCCC3C(C)(C)C)C2)cn1)C(=O)N1CCCC1C(C)(C)C. The number of rotatable bonds is 3. The van der Waals surface area contributed by atoms with E-state index in [4.69, 9.17) is 0 Å². The van der Waals surface area contributed by atoms with Crippen molar-refractivity contribution in [2.75, 3.05) is 33.2 Å². The highest BCUT2D eigenvalue weighted by Crippen LogP contribution is 2.36. The Morgan fingerprint density at radius 1 is 0.943 bits per heavy atom. The van der Waals surface area contributed by atoms with Crippen LogP contribution in [-0.4, -0.2) is 82.0 Å². The van der Waals surface area contributed by atoms with Gasteiger partial charge in [-0.2, -0.15) is 0 Å². The molecular formula is C28H45N5O2. The zero-order valence-electron chi connectivity index (χ0n) is 22.9. The van der Waals surface area contributed by atoms with Gasteiger partial charge in [0, 0.05) is 57.4 Å². The van der Waals surface area contributed by atoms with E-state index >= 15 is 0 Å². The van der Waals surface area contributed by atoms with Crippen molar-refractivity contribution in [2.24, 2.45) is 10.8 Å². The van der Waals surface area contributed by atoms with Crippen molar-refractivity contribution < 1.29 is 9.59 Å². The smallest absolute Gasteiger partial charge is 0.320 e. The topological polar surface area (TPSA) is 60.0 Å². The van der Waals surface area contributed by atoms with Gasteiger partial charge < -0.3 is 19.6 Å². The number of amides is 4. The van der Waals surface area contributed by atoms with Gasteiger partial charge in [-0.1, -0.05) is 47.6 Å². The summed E-state index contributed by atoms with van der Waals surface area (Å²) in [6.45, 7) is 17.1. The van der Waals surface area contributed by atoms with Crippen LogP contribution in [0.4, 0.5) is 9.59 Å². The van der Waals surface area contributed by atoms with Crippen molar-refractivity contribution in [2.45, 2.75) is 91.8 Å². The van der Waals surface area contributed by atoms with E-state index in [1.54, 1.807) is 4.90 Å². The molecule has 1 aromatic heterocycles. The van der Waals surface area contributed by atoms with E-state index in [1.165, 1.54) is 5.56 Å². The first kappa shape index (κ1) is 25.8. The Hall–Kier alpha value is -2.31. The number of urea groups is 2. The molecule has 3 saturated heterocycles. The first-order valence-electron chi connectivity index (χ1n) is 13.4. The molecule has 7 nitrogen and oxygen atoms in total. The van der Waals surface area contributed by atoms with Crippen molar-refractivity contribution in [3.63, 3.8) is 0 Å². The third-order valence-electron chi connectivity index (χ3n) is 8.19. The van der Waals surface area contributed by atoms with Gasteiger partial charge in [-0.15, -0.1) is 0 Å². The Bertz CT molecular complexity index is 911. The summed E-state index contributed by atoms with van der Waals surface area (Å²) in [7, 11) is 1.87. The average Bonchev–Trinajstić information content (AvgIpc) is 3.42. The highest BCUT2D eigenvalue weighted by Gasteiger charge is 2.42. The number of likely N-dealkylation sites (tertiary alicyclic amines) is 3. The fraction of sp³-hybridized carbons (Fsp3) is 0.750. The fourth-order valence-electron chi connectivity index (χ4n) is 6.12. The molecular weight excluding hydrogens is 438 g/mol. The van der Waals surface area contributed by atoms with E-state index in [1.807, 2.05) is 29.1 Å². The average molecular weight is 484 g/mol. The predicted octanol–water partition coefficient (Wildman–Crippen LogP) is 5.17. The molecule has 0 N–H and O–H groups in total. The Labute approximate surface area is 211 Å². The number of carbonyl (C=O) groups is 2. The lowest BCUT2D eigenvalue weighted by molar-refractivity contribution is 0.0874. The van der Waals surface area contributed by atoms with Crippen molar-refractivity contribution in [3.05, 3.63) is 29.6 Å². The summed E-state index contributed by atoms with van der Waals surface area (Å²) >= 11 is 0. The normalized spacial score (nSPS) is 23.6. The van der Waals surface area contributed by atoms with Crippen LogP contribution in [0.5, 0.6) is 0 Å². The van der Waals surface area contributed by atoms with Gasteiger partial charge in [0.2, 0.25) is 0 Å². The maximum absolute atomic E-state index is 13.1. The van der Waals surface area contributed by atoms with E-state index in [-0.39, 0.29) is 28.9 Å². The zero-order chi connectivity index (χ0) is 25.5. The lowest BCUT2D eigenvalue weighted by Gasteiger charge is -2.44. The highest BCUT2D eigenvalue weighted by molar-refractivity contribution is 5.76. The first-order chi connectivity index (χ1) is 16.4. The summed E-state index contributed by atoms with van der Waals surface area (Å²) < 4.78 is 0. The van der Waals surface area contributed by atoms with Crippen LogP contribution >= 0.6 is 0 Å². The number of nitrogens with zero attached hydrogens (tertiary/aromatic N) is 5. The molecule has 35 heavy (non-hydrogen) atoms.